The molecular formula is C17H20N2O4. The molecule has 2 heterocycles. The van der Waals surface area contributed by atoms with Crippen LogP contribution in [0.1, 0.15) is 24.8 Å². The van der Waals surface area contributed by atoms with Crippen molar-refractivity contribution >= 4 is 11.8 Å². The van der Waals surface area contributed by atoms with Gasteiger partial charge in [0.1, 0.15) is 18.0 Å². The minimum absolute atomic E-state index is 0.107. The van der Waals surface area contributed by atoms with Crippen molar-refractivity contribution in [3.8, 4) is 11.8 Å². The molecule has 6 heteroatoms. The number of carbonyl (C=O) groups is 1. The molecule has 0 bridgehead atoms. The molecule has 0 radical (unpaired) electrons. The highest BCUT2D eigenvalue weighted by molar-refractivity contribution is 5.90. The van der Waals surface area contributed by atoms with Crippen LogP contribution in [0.25, 0.3) is 0 Å². The lowest BCUT2D eigenvalue weighted by atomic mass is 9.99. The first kappa shape index (κ1) is 15.6. The molecule has 6 nitrogen and oxygen atoms in total. The number of carbonyl (C=O) groups excluding carboxylic acids is 1. The van der Waals surface area contributed by atoms with Crippen LogP contribution in [0, 0.1) is 11.3 Å². The third-order valence-electron chi connectivity index (χ3n) is 4.19. The minimum Gasteiger partial charge on any atom is -0.490 e. The summed E-state index contributed by atoms with van der Waals surface area (Å²) in [5.41, 5.74) is 1.92. The quantitative estimate of drug-likeness (QED) is 0.835. The third kappa shape index (κ3) is 3.40. The lowest BCUT2D eigenvalue weighted by molar-refractivity contribution is 0.0718. The molecule has 1 aromatic carbocycles. The van der Waals surface area contributed by atoms with Gasteiger partial charge in [-0.15, -0.1) is 0 Å². The fourth-order valence-electron chi connectivity index (χ4n) is 3.03. The second kappa shape index (κ2) is 6.88. The molecule has 0 aliphatic carbocycles. The van der Waals surface area contributed by atoms with Gasteiger partial charge in [-0.25, -0.2) is 4.79 Å². The van der Waals surface area contributed by atoms with E-state index in [0.717, 1.165) is 36.3 Å². The van der Waals surface area contributed by atoms with Gasteiger partial charge in [0, 0.05) is 19.2 Å². The molecule has 3 rings (SSSR count). The highest BCUT2D eigenvalue weighted by Gasteiger charge is 2.33. The maximum absolute atomic E-state index is 12.0. The zero-order valence-electron chi connectivity index (χ0n) is 13.2. The van der Waals surface area contributed by atoms with Gasteiger partial charge in [-0.1, -0.05) is 0 Å². The number of fused-ring (bicyclic) bond motifs is 1. The second-order valence-electron chi connectivity index (χ2n) is 5.84. The van der Waals surface area contributed by atoms with E-state index in [0.29, 0.717) is 19.6 Å². The van der Waals surface area contributed by atoms with E-state index in [4.69, 9.17) is 19.5 Å². The maximum Gasteiger partial charge on any atom is 0.414 e. The number of anilines is 1. The average molecular weight is 316 g/mol. The van der Waals surface area contributed by atoms with Crippen LogP contribution in [-0.4, -0.2) is 38.6 Å². The number of rotatable bonds is 5. The summed E-state index contributed by atoms with van der Waals surface area (Å²) >= 11 is 0. The van der Waals surface area contributed by atoms with Crippen LogP contribution in [0.15, 0.2) is 18.2 Å². The lowest BCUT2D eigenvalue weighted by Crippen LogP contribution is -2.27. The van der Waals surface area contributed by atoms with Crippen LogP contribution >= 0.6 is 0 Å². The van der Waals surface area contributed by atoms with E-state index in [1.54, 1.807) is 12.0 Å². The Morgan fingerprint density at radius 2 is 2.26 bits per heavy atom. The highest BCUT2D eigenvalue weighted by Crippen LogP contribution is 2.33. The van der Waals surface area contributed by atoms with Crippen molar-refractivity contribution in [2.24, 2.45) is 0 Å². The van der Waals surface area contributed by atoms with Crippen LogP contribution in [0.4, 0.5) is 10.5 Å². The molecule has 0 spiro atoms. The number of amides is 1. The Morgan fingerprint density at radius 1 is 1.39 bits per heavy atom. The third-order valence-corrected chi connectivity index (χ3v) is 4.19. The molecule has 1 amide bonds. The standard InChI is InChI=1S/C17H20N2O4/c1-21-11-15-10-19(17(20)23-15)13-5-7-16-12(9-13)4-6-14(22-16)3-2-8-18/h5,7,9,14-15H,2-4,6,10-11H2,1H3/t14?,15-/m1/s1. The first-order valence-electron chi connectivity index (χ1n) is 7.85. The summed E-state index contributed by atoms with van der Waals surface area (Å²) in [5, 5.41) is 8.67. The largest absolute Gasteiger partial charge is 0.490 e. The minimum atomic E-state index is -0.337. The van der Waals surface area contributed by atoms with Gasteiger partial charge in [0.05, 0.1) is 19.2 Å². The number of nitrogens with zero attached hydrogens (tertiary/aromatic N) is 2. The van der Waals surface area contributed by atoms with Crippen LogP contribution < -0.4 is 9.64 Å². The van der Waals surface area contributed by atoms with Crippen molar-refractivity contribution in [3.05, 3.63) is 23.8 Å². The predicted octanol–water partition coefficient (Wildman–Crippen LogP) is 2.66. The molecule has 1 saturated heterocycles. The molecule has 1 unspecified atom stereocenters. The second-order valence-corrected chi connectivity index (χ2v) is 5.84. The van der Waals surface area contributed by atoms with Gasteiger partial charge in [-0.3, -0.25) is 4.90 Å². The Morgan fingerprint density at radius 3 is 3.04 bits per heavy atom. The highest BCUT2D eigenvalue weighted by atomic mass is 16.6. The molecule has 2 aliphatic rings. The van der Waals surface area contributed by atoms with Gasteiger partial charge in [0.15, 0.2) is 0 Å². The summed E-state index contributed by atoms with van der Waals surface area (Å²) in [7, 11) is 1.59. The summed E-state index contributed by atoms with van der Waals surface area (Å²) < 4.78 is 16.3. The summed E-state index contributed by atoms with van der Waals surface area (Å²) in [6.45, 7) is 0.897. The SMILES string of the molecule is COC[C@H]1CN(c2ccc3c(c2)CCC(CCC#N)O3)C(=O)O1. The van der Waals surface area contributed by atoms with Crippen LogP contribution in [-0.2, 0) is 15.9 Å². The van der Waals surface area contributed by atoms with Crippen LogP contribution in [0.2, 0.25) is 0 Å². The predicted molar refractivity (Wildman–Crippen MR) is 83.5 cm³/mol. The van der Waals surface area contributed by atoms with Gasteiger partial charge < -0.3 is 14.2 Å². The van der Waals surface area contributed by atoms with Crippen molar-refractivity contribution in [2.45, 2.75) is 37.9 Å². The fourth-order valence-corrected chi connectivity index (χ4v) is 3.03. The van der Waals surface area contributed by atoms with Crippen molar-refractivity contribution < 1.29 is 19.0 Å². The van der Waals surface area contributed by atoms with Crippen molar-refractivity contribution in [1.82, 2.24) is 0 Å². The van der Waals surface area contributed by atoms with Crippen molar-refractivity contribution in [3.63, 3.8) is 0 Å². The van der Waals surface area contributed by atoms with E-state index in [9.17, 15) is 4.79 Å². The number of methoxy groups -OCH3 is 1. The van der Waals surface area contributed by atoms with Crippen LogP contribution in [0.3, 0.4) is 0 Å². The van der Waals surface area contributed by atoms with Crippen molar-refractivity contribution in [1.29, 1.82) is 5.26 Å². The maximum atomic E-state index is 12.0. The molecule has 2 atom stereocenters. The summed E-state index contributed by atoms with van der Waals surface area (Å²) in [5.74, 6) is 0.851. The van der Waals surface area contributed by atoms with Crippen molar-refractivity contribution in [2.75, 3.05) is 25.2 Å². The first-order chi connectivity index (χ1) is 11.2. The summed E-state index contributed by atoms with van der Waals surface area (Å²) in [6.07, 6.45) is 2.60. The van der Waals surface area contributed by atoms with E-state index < -0.39 is 0 Å². The Balaban J connectivity index is 1.70. The number of hydrogen-bond donors (Lipinski definition) is 0. The summed E-state index contributed by atoms with van der Waals surface area (Å²) in [4.78, 5) is 13.6. The van der Waals surface area contributed by atoms with Gasteiger partial charge in [-0.2, -0.15) is 5.26 Å². The molecule has 0 N–H and O–H groups in total. The normalized spacial score (nSPS) is 23.0. The molecular weight excluding hydrogens is 296 g/mol. The van der Waals surface area contributed by atoms with E-state index in [1.807, 2.05) is 18.2 Å². The number of nitriles is 1. The number of benzene rings is 1. The van der Waals surface area contributed by atoms with E-state index in [-0.39, 0.29) is 18.3 Å². The summed E-state index contributed by atoms with van der Waals surface area (Å²) in [6, 6.07) is 7.93. The van der Waals surface area contributed by atoms with Gasteiger partial charge in [0.2, 0.25) is 0 Å². The molecule has 0 aromatic heterocycles. The average Bonchev–Trinajstić information content (AvgIpc) is 2.93. The smallest absolute Gasteiger partial charge is 0.414 e. The van der Waals surface area contributed by atoms with Gasteiger partial charge in [-0.05, 0) is 43.0 Å². The molecule has 0 saturated carbocycles. The lowest BCUT2D eigenvalue weighted by Gasteiger charge is -2.26. The van der Waals surface area contributed by atoms with E-state index >= 15 is 0 Å². The van der Waals surface area contributed by atoms with Gasteiger partial charge >= 0.3 is 6.09 Å². The van der Waals surface area contributed by atoms with E-state index in [1.165, 1.54) is 0 Å². The molecule has 122 valence electrons. The number of aryl methyl sites for hydroxylation is 1. The zero-order chi connectivity index (χ0) is 16.2. The Bertz CT molecular complexity index is 626. The van der Waals surface area contributed by atoms with Gasteiger partial charge in [0.25, 0.3) is 0 Å². The molecule has 1 aromatic rings. The topological polar surface area (TPSA) is 71.8 Å². The Kier molecular flexibility index (Phi) is 4.68. The monoisotopic (exact) mass is 316 g/mol. The number of cyclic esters (lactones) is 1. The zero-order valence-corrected chi connectivity index (χ0v) is 13.2. The molecule has 1 fully saturated rings. The number of ether oxygens (including phenoxy) is 3. The first-order valence-corrected chi connectivity index (χ1v) is 7.85. The molecule has 23 heavy (non-hydrogen) atoms. The molecule has 2 aliphatic heterocycles. The van der Waals surface area contributed by atoms with Crippen LogP contribution in [0.5, 0.6) is 5.75 Å². The Labute approximate surface area is 135 Å². The number of hydrogen-bond acceptors (Lipinski definition) is 5. The van der Waals surface area contributed by atoms with E-state index in [2.05, 4.69) is 6.07 Å². The Hall–Kier alpha value is -2.26. The fraction of sp³-hybridized carbons (Fsp3) is 0.529.